The topological polar surface area (TPSA) is 131 Å². The van der Waals surface area contributed by atoms with E-state index in [0.29, 0.717) is 11.3 Å². The third-order valence-electron chi connectivity index (χ3n) is 8.31. The predicted octanol–water partition coefficient (Wildman–Crippen LogP) is 3.46. The minimum Gasteiger partial charge on any atom is -0.339 e. The first-order valence-corrected chi connectivity index (χ1v) is 13.7. The quantitative estimate of drug-likeness (QED) is 0.446. The summed E-state index contributed by atoms with van der Waals surface area (Å²) in [6.07, 6.45) is -5.19. The lowest BCUT2D eigenvalue weighted by Gasteiger charge is -2.37. The minimum absolute atomic E-state index is 0.00683. The first kappa shape index (κ1) is 29.8. The fourth-order valence-corrected chi connectivity index (χ4v) is 6.37. The highest BCUT2D eigenvalue weighted by Crippen LogP contribution is 2.65. The summed E-state index contributed by atoms with van der Waals surface area (Å²) in [7, 11) is 0. The standard InChI is InChI=1S/C27H31BrF3N5O4/c1-25(2,3)20(35-24(40)27(29,30)31)23(39)36-11-16-18(26(16,4)5)19(36)22(38)33-13(10-32)9-15-14-7-6-12(28)8-17(14)34-21(15)37/h6-8,13,15-16,18-20H,9,11H2,1-5H3,(H,33,38)(H,34,37)(H,35,40)/t13-,15?,16-,18+,19-,20+/m0/s1. The van der Waals surface area contributed by atoms with E-state index in [2.05, 4.69) is 26.6 Å². The molecule has 1 unspecified atom stereocenters. The van der Waals surface area contributed by atoms with Crippen LogP contribution in [0, 0.1) is 34.0 Å². The van der Waals surface area contributed by atoms with Crippen molar-refractivity contribution in [2.45, 2.75) is 71.3 Å². The highest BCUT2D eigenvalue weighted by molar-refractivity contribution is 9.10. The average molecular weight is 626 g/mol. The highest BCUT2D eigenvalue weighted by Gasteiger charge is 2.70. The number of halogens is 4. The van der Waals surface area contributed by atoms with E-state index in [9.17, 15) is 37.6 Å². The molecule has 0 aromatic heterocycles. The molecule has 1 saturated heterocycles. The van der Waals surface area contributed by atoms with Crippen molar-refractivity contribution in [1.29, 1.82) is 5.26 Å². The van der Waals surface area contributed by atoms with E-state index in [-0.39, 0.29) is 36.1 Å². The van der Waals surface area contributed by atoms with Crippen molar-refractivity contribution >= 4 is 45.2 Å². The van der Waals surface area contributed by atoms with Crippen LogP contribution in [0.15, 0.2) is 22.7 Å². The molecule has 1 saturated carbocycles. The van der Waals surface area contributed by atoms with Crippen LogP contribution >= 0.6 is 15.9 Å². The molecule has 216 valence electrons. The normalized spacial score (nSPS) is 26.1. The van der Waals surface area contributed by atoms with Gasteiger partial charge in [0.1, 0.15) is 18.1 Å². The Morgan fingerprint density at radius 2 is 1.88 bits per heavy atom. The van der Waals surface area contributed by atoms with Crippen LogP contribution in [0.5, 0.6) is 0 Å². The lowest BCUT2D eigenvalue weighted by Crippen LogP contribution is -2.61. The van der Waals surface area contributed by atoms with Crippen molar-refractivity contribution in [3.05, 3.63) is 28.2 Å². The molecule has 40 heavy (non-hydrogen) atoms. The van der Waals surface area contributed by atoms with E-state index in [4.69, 9.17) is 0 Å². The summed E-state index contributed by atoms with van der Waals surface area (Å²) in [6, 6.07) is 3.64. The largest absolute Gasteiger partial charge is 0.471 e. The molecule has 2 fully saturated rings. The van der Waals surface area contributed by atoms with Gasteiger partial charge in [0.25, 0.3) is 0 Å². The van der Waals surface area contributed by atoms with Gasteiger partial charge in [0.15, 0.2) is 0 Å². The molecule has 1 aromatic carbocycles. The number of amides is 4. The molecule has 0 bridgehead atoms. The molecular weight excluding hydrogens is 595 g/mol. The number of nitriles is 1. The molecule has 6 atom stereocenters. The molecule has 4 rings (SSSR count). The van der Waals surface area contributed by atoms with Crippen molar-refractivity contribution in [2.75, 3.05) is 11.9 Å². The van der Waals surface area contributed by atoms with Crippen LogP contribution in [0.1, 0.15) is 52.5 Å². The number of nitrogens with one attached hydrogen (secondary N) is 3. The first-order valence-electron chi connectivity index (χ1n) is 12.9. The molecule has 0 spiro atoms. The number of anilines is 1. The molecule has 3 aliphatic rings. The van der Waals surface area contributed by atoms with Crippen molar-refractivity contribution in [1.82, 2.24) is 15.5 Å². The maximum Gasteiger partial charge on any atom is 0.471 e. The average Bonchev–Trinajstić information content (AvgIpc) is 3.14. The van der Waals surface area contributed by atoms with Crippen molar-refractivity contribution in [3.63, 3.8) is 0 Å². The number of likely N-dealkylation sites (tertiary alicyclic amines) is 1. The van der Waals surface area contributed by atoms with Gasteiger partial charge in [-0.15, -0.1) is 0 Å². The summed E-state index contributed by atoms with van der Waals surface area (Å²) in [6.45, 7) is 8.59. The fourth-order valence-electron chi connectivity index (χ4n) is 6.01. The second kappa shape index (κ2) is 10.0. The van der Waals surface area contributed by atoms with Gasteiger partial charge in [-0.2, -0.15) is 18.4 Å². The van der Waals surface area contributed by atoms with Crippen LogP contribution in [0.2, 0.25) is 0 Å². The smallest absolute Gasteiger partial charge is 0.339 e. The van der Waals surface area contributed by atoms with E-state index in [0.717, 1.165) is 4.47 Å². The zero-order valence-electron chi connectivity index (χ0n) is 22.6. The molecule has 13 heteroatoms. The summed E-state index contributed by atoms with van der Waals surface area (Å²) < 4.78 is 39.9. The maximum absolute atomic E-state index is 13.6. The van der Waals surface area contributed by atoms with Crippen molar-refractivity contribution in [2.24, 2.45) is 22.7 Å². The molecule has 9 nitrogen and oxygen atoms in total. The molecule has 0 radical (unpaired) electrons. The second-order valence-corrected chi connectivity index (χ2v) is 13.3. The number of piperidine rings is 1. The van der Waals surface area contributed by atoms with Gasteiger partial charge < -0.3 is 20.9 Å². The molecule has 1 aliphatic carbocycles. The summed E-state index contributed by atoms with van der Waals surface area (Å²) in [5, 5.41) is 17.1. The lowest BCUT2D eigenvalue weighted by atomic mass is 9.85. The molecule has 2 aliphatic heterocycles. The van der Waals surface area contributed by atoms with Gasteiger partial charge in [-0.1, -0.05) is 56.6 Å². The number of carbonyl (C=O) groups excluding carboxylic acids is 4. The number of fused-ring (bicyclic) bond motifs is 2. The van der Waals surface area contributed by atoms with E-state index >= 15 is 0 Å². The lowest BCUT2D eigenvalue weighted by molar-refractivity contribution is -0.176. The Hall–Kier alpha value is -3.14. The molecular formula is C27H31BrF3N5O4. The maximum atomic E-state index is 13.6. The minimum atomic E-state index is -5.18. The summed E-state index contributed by atoms with van der Waals surface area (Å²) in [5.74, 6) is -4.99. The van der Waals surface area contributed by atoms with Crippen molar-refractivity contribution < 1.29 is 32.3 Å². The number of benzene rings is 1. The number of rotatable bonds is 6. The number of nitrogens with zero attached hydrogens (tertiary/aromatic N) is 2. The highest BCUT2D eigenvalue weighted by atomic mass is 79.9. The Morgan fingerprint density at radius 3 is 2.45 bits per heavy atom. The van der Waals surface area contributed by atoms with E-state index in [1.807, 2.05) is 25.2 Å². The van der Waals surface area contributed by atoms with Crippen LogP contribution < -0.4 is 16.0 Å². The van der Waals surface area contributed by atoms with E-state index < -0.39 is 53.4 Å². The predicted molar refractivity (Wildman–Crippen MR) is 141 cm³/mol. The van der Waals surface area contributed by atoms with Crippen LogP contribution in [-0.4, -0.2) is 59.4 Å². The van der Waals surface area contributed by atoms with Gasteiger partial charge in [-0.3, -0.25) is 19.2 Å². The third kappa shape index (κ3) is 5.42. The van der Waals surface area contributed by atoms with Crippen LogP contribution in [0.3, 0.4) is 0 Å². The Bertz CT molecular complexity index is 1300. The molecule has 1 aromatic rings. The Labute approximate surface area is 238 Å². The third-order valence-corrected chi connectivity index (χ3v) is 8.81. The molecule has 4 amide bonds. The monoisotopic (exact) mass is 625 g/mol. The van der Waals surface area contributed by atoms with E-state index in [1.54, 1.807) is 18.2 Å². The zero-order chi connectivity index (χ0) is 29.9. The second-order valence-electron chi connectivity index (χ2n) is 12.4. The number of hydrogen-bond donors (Lipinski definition) is 3. The summed E-state index contributed by atoms with van der Waals surface area (Å²) >= 11 is 3.35. The van der Waals surface area contributed by atoms with Crippen LogP contribution in [0.4, 0.5) is 18.9 Å². The van der Waals surface area contributed by atoms with Gasteiger partial charge >= 0.3 is 12.1 Å². The van der Waals surface area contributed by atoms with Crippen LogP contribution in [0.25, 0.3) is 0 Å². The van der Waals surface area contributed by atoms with Gasteiger partial charge in [0, 0.05) is 16.7 Å². The molecule has 2 heterocycles. The zero-order valence-corrected chi connectivity index (χ0v) is 24.2. The van der Waals surface area contributed by atoms with Crippen LogP contribution in [-0.2, 0) is 19.2 Å². The fraction of sp³-hybridized carbons (Fsp3) is 0.593. The number of carbonyl (C=O) groups is 4. The van der Waals surface area contributed by atoms with Gasteiger partial charge in [0.2, 0.25) is 17.7 Å². The van der Waals surface area contributed by atoms with Gasteiger partial charge in [-0.25, -0.2) is 0 Å². The van der Waals surface area contributed by atoms with E-state index in [1.165, 1.54) is 25.7 Å². The van der Waals surface area contributed by atoms with Gasteiger partial charge in [0.05, 0.1) is 12.0 Å². The van der Waals surface area contributed by atoms with Gasteiger partial charge in [-0.05, 0) is 46.8 Å². The summed E-state index contributed by atoms with van der Waals surface area (Å²) in [4.78, 5) is 52.9. The SMILES string of the molecule is CC(C)(C)[C@H](NC(=O)C(F)(F)F)C(=O)N1C[C@H]2[C@H]([C@H]1C(=O)N[C@H](C#N)CC1C(=O)Nc3cc(Br)ccc31)C2(C)C. The Morgan fingerprint density at radius 1 is 1.23 bits per heavy atom. The Kier molecular flexibility index (Phi) is 7.49. The number of hydrogen-bond acceptors (Lipinski definition) is 5. The molecule has 3 N–H and O–H groups in total. The summed E-state index contributed by atoms with van der Waals surface area (Å²) in [5.41, 5.74) is -0.0893. The van der Waals surface area contributed by atoms with Crippen molar-refractivity contribution in [3.8, 4) is 6.07 Å². The Balaban J connectivity index is 1.55. The first-order chi connectivity index (χ1) is 18.4. The number of alkyl halides is 3.